The van der Waals surface area contributed by atoms with Crippen LogP contribution in [-0.2, 0) is 11.3 Å². The fraction of sp³-hybridized carbons (Fsp3) is 0.600. The predicted octanol–water partition coefficient (Wildman–Crippen LogP) is 0.745. The van der Waals surface area contributed by atoms with Crippen molar-refractivity contribution in [2.24, 2.45) is 0 Å². The molecule has 0 amide bonds. The van der Waals surface area contributed by atoms with Crippen molar-refractivity contribution in [1.82, 2.24) is 15.3 Å². The van der Waals surface area contributed by atoms with Crippen LogP contribution in [0.15, 0.2) is 18.6 Å². The van der Waals surface area contributed by atoms with Crippen LogP contribution in [0.25, 0.3) is 0 Å². The average Bonchev–Trinajstić information content (AvgIpc) is 2.29. The van der Waals surface area contributed by atoms with Gasteiger partial charge in [-0.2, -0.15) is 0 Å². The van der Waals surface area contributed by atoms with Gasteiger partial charge in [0.15, 0.2) is 0 Å². The van der Waals surface area contributed by atoms with E-state index in [1.807, 2.05) is 0 Å². The van der Waals surface area contributed by atoms with Gasteiger partial charge in [0.25, 0.3) is 0 Å². The first-order valence-electron chi connectivity index (χ1n) is 5.01. The molecule has 0 radical (unpaired) electrons. The van der Waals surface area contributed by atoms with Crippen LogP contribution in [0.1, 0.15) is 18.5 Å². The van der Waals surface area contributed by atoms with Gasteiger partial charge in [-0.15, -0.1) is 0 Å². The van der Waals surface area contributed by atoms with Crippen LogP contribution in [0.4, 0.5) is 0 Å². The van der Waals surface area contributed by atoms with E-state index in [1.165, 1.54) is 6.42 Å². The molecule has 1 aromatic heterocycles. The number of hydrogen-bond acceptors (Lipinski definition) is 4. The van der Waals surface area contributed by atoms with Crippen LogP contribution in [-0.4, -0.2) is 29.2 Å². The molecule has 76 valence electrons. The van der Waals surface area contributed by atoms with Crippen molar-refractivity contribution < 1.29 is 4.74 Å². The smallest absolute Gasteiger partial charge is 0.0724 e. The first-order valence-corrected chi connectivity index (χ1v) is 5.01. The van der Waals surface area contributed by atoms with E-state index < -0.39 is 0 Å². The van der Waals surface area contributed by atoms with Crippen molar-refractivity contribution in [1.29, 1.82) is 0 Å². The third-order valence-electron chi connectivity index (χ3n) is 2.35. The van der Waals surface area contributed by atoms with E-state index >= 15 is 0 Å². The molecular weight excluding hydrogens is 178 g/mol. The lowest BCUT2D eigenvalue weighted by atomic mass is 10.1. The van der Waals surface area contributed by atoms with E-state index in [0.29, 0.717) is 6.04 Å². The minimum absolute atomic E-state index is 0.478. The molecular formula is C10H15N3O. The molecule has 1 N–H and O–H groups in total. The van der Waals surface area contributed by atoms with Gasteiger partial charge >= 0.3 is 0 Å². The van der Waals surface area contributed by atoms with Gasteiger partial charge in [-0.25, -0.2) is 0 Å². The number of aromatic nitrogens is 2. The van der Waals surface area contributed by atoms with E-state index in [4.69, 9.17) is 4.74 Å². The topological polar surface area (TPSA) is 47.0 Å². The molecule has 0 spiro atoms. The van der Waals surface area contributed by atoms with Crippen molar-refractivity contribution in [3.05, 3.63) is 24.3 Å². The molecule has 1 unspecified atom stereocenters. The van der Waals surface area contributed by atoms with Gasteiger partial charge in [-0.05, 0) is 12.8 Å². The van der Waals surface area contributed by atoms with Gasteiger partial charge in [-0.1, -0.05) is 0 Å². The summed E-state index contributed by atoms with van der Waals surface area (Å²) in [7, 11) is 0. The van der Waals surface area contributed by atoms with E-state index in [2.05, 4.69) is 15.3 Å². The molecule has 0 aliphatic carbocycles. The maximum absolute atomic E-state index is 5.37. The Morgan fingerprint density at radius 1 is 1.50 bits per heavy atom. The highest BCUT2D eigenvalue weighted by Gasteiger charge is 2.12. The van der Waals surface area contributed by atoms with Gasteiger partial charge in [0, 0.05) is 37.8 Å². The Balaban J connectivity index is 1.76. The van der Waals surface area contributed by atoms with Crippen LogP contribution in [0.5, 0.6) is 0 Å². The van der Waals surface area contributed by atoms with E-state index in [-0.39, 0.29) is 0 Å². The molecule has 0 saturated carbocycles. The van der Waals surface area contributed by atoms with Gasteiger partial charge in [-0.3, -0.25) is 9.97 Å². The summed E-state index contributed by atoms with van der Waals surface area (Å²) in [5.74, 6) is 0. The molecule has 4 nitrogen and oxygen atoms in total. The van der Waals surface area contributed by atoms with E-state index in [9.17, 15) is 0 Å². The summed E-state index contributed by atoms with van der Waals surface area (Å²) < 4.78 is 5.37. The predicted molar refractivity (Wildman–Crippen MR) is 52.7 cm³/mol. The number of ether oxygens (including phenoxy) is 1. The maximum atomic E-state index is 5.37. The quantitative estimate of drug-likeness (QED) is 0.769. The third-order valence-corrected chi connectivity index (χ3v) is 2.35. The Hall–Kier alpha value is -1.00. The zero-order chi connectivity index (χ0) is 9.64. The minimum atomic E-state index is 0.478. The number of rotatable bonds is 3. The molecule has 2 heterocycles. The van der Waals surface area contributed by atoms with Crippen LogP contribution in [0.3, 0.4) is 0 Å². The Morgan fingerprint density at radius 3 is 3.21 bits per heavy atom. The Labute approximate surface area is 83.7 Å². The standard InChI is InChI=1S/C10H15N3O/c1-2-9(8-14-5-1)13-7-10-6-11-3-4-12-10/h3-4,6,9,13H,1-2,5,7-8H2. The second kappa shape index (κ2) is 5.02. The van der Waals surface area contributed by atoms with Gasteiger partial charge < -0.3 is 10.1 Å². The number of nitrogens with one attached hydrogen (secondary N) is 1. The molecule has 1 aromatic rings. The molecule has 0 aromatic carbocycles. The fourth-order valence-corrected chi connectivity index (χ4v) is 1.57. The summed E-state index contributed by atoms with van der Waals surface area (Å²) in [6.07, 6.45) is 7.54. The zero-order valence-electron chi connectivity index (χ0n) is 8.15. The lowest BCUT2D eigenvalue weighted by Crippen LogP contribution is -2.36. The van der Waals surface area contributed by atoms with Crippen molar-refractivity contribution in [2.45, 2.75) is 25.4 Å². The maximum Gasteiger partial charge on any atom is 0.0724 e. The lowest BCUT2D eigenvalue weighted by molar-refractivity contribution is 0.0698. The average molecular weight is 193 g/mol. The van der Waals surface area contributed by atoms with Crippen LogP contribution in [0.2, 0.25) is 0 Å². The first kappa shape index (κ1) is 9.55. The largest absolute Gasteiger partial charge is 0.380 e. The molecule has 1 aliphatic heterocycles. The summed E-state index contributed by atoms with van der Waals surface area (Å²) in [6.45, 7) is 2.51. The van der Waals surface area contributed by atoms with Crippen molar-refractivity contribution >= 4 is 0 Å². The fourth-order valence-electron chi connectivity index (χ4n) is 1.57. The highest BCUT2D eigenvalue weighted by molar-refractivity contribution is 4.94. The summed E-state index contributed by atoms with van der Waals surface area (Å²) in [5.41, 5.74) is 0.984. The summed E-state index contributed by atoms with van der Waals surface area (Å²) in [6, 6.07) is 0.478. The molecule has 1 aliphatic rings. The highest BCUT2D eigenvalue weighted by atomic mass is 16.5. The Bertz CT molecular complexity index is 259. The van der Waals surface area contributed by atoms with E-state index in [0.717, 1.165) is 31.9 Å². The van der Waals surface area contributed by atoms with E-state index in [1.54, 1.807) is 18.6 Å². The van der Waals surface area contributed by atoms with Crippen molar-refractivity contribution in [2.75, 3.05) is 13.2 Å². The monoisotopic (exact) mass is 193 g/mol. The second-order valence-electron chi connectivity index (χ2n) is 3.49. The summed E-state index contributed by atoms with van der Waals surface area (Å²) in [5, 5.41) is 3.41. The third kappa shape index (κ3) is 2.75. The Kier molecular flexibility index (Phi) is 3.43. The highest BCUT2D eigenvalue weighted by Crippen LogP contribution is 2.06. The van der Waals surface area contributed by atoms with Crippen LogP contribution >= 0.6 is 0 Å². The zero-order valence-corrected chi connectivity index (χ0v) is 8.15. The van der Waals surface area contributed by atoms with Crippen molar-refractivity contribution in [3.63, 3.8) is 0 Å². The SMILES string of the molecule is c1cnc(CNC2CCCOC2)cn1. The van der Waals surface area contributed by atoms with Crippen LogP contribution in [0, 0.1) is 0 Å². The lowest BCUT2D eigenvalue weighted by Gasteiger charge is -2.22. The van der Waals surface area contributed by atoms with Gasteiger partial charge in [0.05, 0.1) is 12.3 Å². The molecule has 1 atom stereocenters. The summed E-state index contributed by atoms with van der Waals surface area (Å²) >= 11 is 0. The molecule has 4 heteroatoms. The molecule has 1 saturated heterocycles. The minimum Gasteiger partial charge on any atom is -0.380 e. The van der Waals surface area contributed by atoms with Gasteiger partial charge in [0.2, 0.25) is 0 Å². The Morgan fingerprint density at radius 2 is 2.50 bits per heavy atom. The summed E-state index contributed by atoms with van der Waals surface area (Å²) in [4.78, 5) is 8.21. The first-order chi connectivity index (χ1) is 6.95. The van der Waals surface area contributed by atoms with Crippen LogP contribution < -0.4 is 5.32 Å². The normalized spacial score (nSPS) is 22.1. The molecule has 2 rings (SSSR count). The molecule has 1 fully saturated rings. The van der Waals surface area contributed by atoms with Gasteiger partial charge in [0.1, 0.15) is 0 Å². The molecule has 0 bridgehead atoms. The van der Waals surface area contributed by atoms with Crippen molar-refractivity contribution in [3.8, 4) is 0 Å². The second-order valence-corrected chi connectivity index (χ2v) is 3.49. The number of hydrogen-bond donors (Lipinski definition) is 1. The number of nitrogens with zero attached hydrogens (tertiary/aromatic N) is 2. The molecule has 14 heavy (non-hydrogen) atoms.